The topological polar surface area (TPSA) is 69.2 Å². The van der Waals surface area contributed by atoms with Gasteiger partial charge in [0.1, 0.15) is 0 Å². The standard InChI is InChI=1S/C29H24N4.CO2/c1-5-21-15-17-22(18-16-21)27-28(30-4)26(24-14-10-9-11-19(24)2)25-20(3)32-33(29(25)31-27)23-12-7-6-8-13-23;2-1-3/h6-18H,5H2,1-3H3;. The van der Waals surface area contributed by atoms with Crippen molar-refractivity contribution in [1.82, 2.24) is 14.8 Å². The molecule has 0 aliphatic rings. The highest BCUT2D eigenvalue weighted by atomic mass is 16.2. The van der Waals surface area contributed by atoms with E-state index in [1.165, 1.54) is 5.56 Å². The van der Waals surface area contributed by atoms with E-state index in [0.717, 1.165) is 51.1 Å². The van der Waals surface area contributed by atoms with Gasteiger partial charge in [0.2, 0.25) is 5.69 Å². The predicted molar refractivity (Wildman–Crippen MR) is 140 cm³/mol. The molecule has 3 aromatic carbocycles. The summed E-state index contributed by atoms with van der Waals surface area (Å²) in [5.74, 6) is 0. The first-order valence-corrected chi connectivity index (χ1v) is 11.5. The molecule has 6 heteroatoms. The van der Waals surface area contributed by atoms with Gasteiger partial charge in [0.15, 0.2) is 5.65 Å². The molecule has 36 heavy (non-hydrogen) atoms. The Hall–Kier alpha value is -4.85. The number of nitrogens with zero attached hydrogens (tertiary/aromatic N) is 4. The number of hydrogen-bond donors (Lipinski definition) is 0. The van der Waals surface area contributed by atoms with Crippen LogP contribution in [0.1, 0.15) is 23.7 Å². The summed E-state index contributed by atoms with van der Waals surface area (Å²) in [5.41, 5.74) is 9.08. The van der Waals surface area contributed by atoms with Gasteiger partial charge >= 0.3 is 6.15 Å². The smallest absolute Gasteiger partial charge is 0.240 e. The van der Waals surface area contributed by atoms with Gasteiger partial charge in [-0.25, -0.2) is 14.5 Å². The van der Waals surface area contributed by atoms with Gasteiger partial charge in [-0.05, 0) is 54.7 Å². The first kappa shape index (κ1) is 24.3. The number of rotatable bonds is 4. The number of hydrogen-bond acceptors (Lipinski definition) is 4. The van der Waals surface area contributed by atoms with Crippen molar-refractivity contribution in [2.75, 3.05) is 0 Å². The molecule has 176 valence electrons. The van der Waals surface area contributed by atoms with E-state index in [-0.39, 0.29) is 6.15 Å². The van der Waals surface area contributed by atoms with Crippen LogP contribution in [0, 0.1) is 20.4 Å². The van der Waals surface area contributed by atoms with Gasteiger partial charge in [-0.2, -0.15) is 14.7 Å². The zero-order chi connectivity index (χ0) is 25.7. The summed E-state index contributed by atoms with van der Waals surface area (Å²) in [6.45, 7) is 14.4. The second-order valence-corrected chi connectivity index (χ2v) is 8.28. The number of carbonyl (C=O) groups excluding carboxylic acids is 2. The lowest BCUT2D eigenvalue weighted by Crippen LogP contribution is -1.99. The summed E-state index contributed by atoms with van der Waals surface area (Å²) in [6.07, 6.45) is 1.22. The van der Waals surface area contributed by atoms with Crippen molar-refractivity contribution in [2.45, 2.75) is 27.2 Å². The molecule has 0 spiro atoms. The van der Waals surface area contributed by atoms with E-state index in [9.17, 15) is 0 Å². The van der Waals surface area contributed by atoms with Crippen molar-refractivity contribution in [3.8, 4) is 28.1 Å². The largest absolute Gasteiger partial charge is 0.373 e. The minimum Gasteiger partial charge on any atom is -0.240 e. The number of aromatic nitrogens is 3. The van der Waals surface area contributed by atoms with Crippen LogP contribution in [0.25, 0.3) is 44.0 Å². The Morgan fingerprint density at radius 1 is 0.917 bits per heavy atom. The average Bonchev–Trinajstić information content (AvgIpc) is 3.25. The summed E-state index contributed by atoms with van der Waals surface area (Å²) < 4.78 is 1.89. The molecule has 6 nitrogen and oxygen atoms in total. The van der Waals surface area contributed by atoms with Crippen LogP contribution < -0.4 is 0 Å². The molecule has 0 aliphatic carbocycles. The Balaban J connectivity index is 0.000000967. The Bertz CT molecular complexity index is 1610. The highest BCUT2D eigenvalue weighted by Crippen LogP contribution is 2.45. The molecule has 0 bridgehead atoms. The van der Waals surface area contributed by atoms with Crippen molar-refractivity contribution < 1.29 is 9.59 Å². The van der Waals surface area contributed by atoms with Crippen molar-refractivity contribution in [3.63, 3.8) is 0 Å². The molecule has 0 fully saturated rings. The maximum atomic E-state index is 8.15. The van der Waals surface area contributed by atoms with E-state index in [1.54, 1.807) is 0 Å². The monoisotopic (exact) mass is 472 g/mol. The first-order chi connectivity index (χ1) is 17.5. The maximum absolute atomic E-state index is 8.15. The van der Waals surface area contributed by atoms with E-state index >= 15 is 0 Å². The number of fused-ring (bicyclic) bond motifs is 1. The van der Waals surface area contributed by atoms with Crippen LogP contribution in [0.5, 0.6) is 0 Å². The molecule has 0 aliphatic heterocycles. The minimum absolute atomic E-state index is 0.250. The minimum atomic E-state index is 0.250. The van der Waals surface area contributed by atoms with Crippen LogP contribution >= 0.6 is 0 Å². The lowest BCUT2D eigenvalue weighted by molar-refractivity contribution is -0.191. The van der Waals surface area contributed by atoms with E-state index < -0.39 is 0 Å². The summed E-state index contributed by atoms with van der Waals surface area (Å²) in [5, 5.41) is 5.79. The molecule has 5 aromatic rings. The predicted octanol–water partition coefficient (Wildman–Crippen LogP) is 6.90. The van der Waals surface area contributed by atoms with Crippen LogP contribution in [0.4, 0.5) is 5.69 Å². The summed E-state index contributed by atoms with van der Waals surface area (Å²) in [6, 6.07) is 26.6. The molecular weight excluding hydrogens is 448 g/mol. The molecule has 0 saturated carbocycles. The summed E-state index contributed by atoms with van der Waals surface area (Å²) in [4.78, 5) is 25.4. The second-order valence-electron chi connectivity index (χ2n) is 8.28. The summed E-state index contributed by atoms with van der Waals surface area (Å²) >= 11 is 0. The Labute approximate surface area is 209 Å². The molecule has 0 atom stereocenters. The quantitative estimate of drug-likeness (QED) is 0.267. The fraction of sp³-hybridized carbons (Fsp3) is 0.133. The van der Waals surface area contributed by atoms with Gasteiger partial charge in [0, 0.05) is 10.9 Å². The molecule has 0 amide bonds. The fourth-order valence-electron chi connectivity index (χ4n) is 4.38. The zero-order valence-corrected chi connectivity index (χ0v) is 20.3. The van der Waals surface area contributed by atoms with Crippen LogP contribution in [0.2, 0.25) is 0 Å². The maximum Gasteiger partial charge on any atom is 0.373 e. The first-order valence-electron chi connectivity index (χ1n) is 11.5. The normalized spacial score (nSPS) is 10.3. The van der Waals surface area contributed by atoms with Gasteiger partial charge in [-0.1, -0.05) is 73.7 Å². The van der Waals surface area contributed by atoms with E-state index in [1.807, 2.05) is 54.1 Å². The van der Waals surface area contributed by atoms with Gasteiger partial charge in [0.25, 0.3) is 0 Å². The van der Waals surface area contributed by atoms with E-state index in [4.69, 9.17) is 26.2 Å². The number of pyridine rings is 1. The Morgan fingerprint density at radius 3 is 2.17 bits per heavy atom. The van der Waals surface area contributed by atoms with Crippen LogP contribution in [-0.2, 0) is 16.0 Å². The number of aryl methyl sites for hydroxylation is 3. The Kier molecular flexibility index (Phi) is 7.15. The van der Waals surface area contributed by atoms with Crippen LogP contribution in [0.3, 0.4) is 0 Å². The number of benzene rings is 3. The lowest BCUT2D eigenvalue weighted by atomic mass is 9.93. The highest BCUT2D eigenvalue weighted by molar-refractivity contribution is 6.06. The molecule has 0 radical (unpaired) electrons. The van der Waals surface area contributed by atoms with Crippen molar-refractivity contribution in [2.24, 2.45) is 0 Å². The third-order valence-corrected chi connectivity index (χ3v) is 6.13. The van der Waals surface area contributed by atoms with E-state index in [2.05, 4.69) is 55.1 Å². The summed E-state index contributed by atoms with van der Waals surface area (Å²) in [7, 11) is 0. The number of para-hydroxylation sites is 1. The molecule has 0 saturated heterocycles. The van der Waals surface area contributed by atoms with Crippen LogP contribution in [-0.4, -0.2) is 20.9 Å². The average molecular weight is 473 g/mol. The third-order valence-electron chi connectivity index (χ3n) is 6.13. The van der Waals surface area contributed by atoms with E-state index in [0.29, 0.717) is 11.4 Å². The molecule has 0 N–H and O–H groups in total. The molecule has 0 unspecified atom stereocenters. The molecule has 2 heterocycles. The van der Waals surface area contributed by atoms with Gasteiger partial charge < -0.3 is 0 Å². The third kappa shape index (κ3) is 4.44. The van der Waals surface area contributed by atoms with Crippen molar-refractivity contribution in [3.05, 3.63) is 107 Å². The highest BCUT2D eigenvalue weighted by Gasteiger charge is 2.24. The molecule has 2 aromatic heterocycles. The SMILES string of the molecule is O=C=O.[C-]#[N+]c1c(-c2ccc(CC)cc2)nc2c(c(C)nn2-c2ccccc2)c1-c1ccccc1C. The second kappa shape index (κ2) is 10.6. The fourth-order valence-corrected chi connectivity index (χ4v) is 4.38. The molecular formula is C30H24N4O2. The van der Waals surface area contributed by atoms with Crippen molar-refractivity contribution in [1.29, 1.82) is 0 Å². The lowest BCUT2D eigenvalue weighted by Gasteiger charge is -2.15. The zero-order valence-electron chi connectivity index (χ0n) is 20.3. The van der Waals surface area contributed by atoms with Crippen molar-refractivity contribution >= 4 is 22.9 Å². The molecule has 5 rings (SSSR count). The van der Waals surface area contributed by atoms with Crippen LogP contribution in [0.15, 0.2) is 78.9 Å². The van der Waals surface area contributed by atoms with Gasteiger partial charge in [0.05, 0.1) is 23.6 Å². The van der Waals surface area contributed by atoms with Gasteiger partial charge in [-0.15, -0.1) is 0 Å². The Morgan fingerprint density at radius 2 is 1.56 bits per heavy atom. The van der Waals surface area contributed by atoms with Gasteiger partial charge in [-0.3, -0.25) is 0 Å².